The molecule has 2 N–H and O–H groups in total. The predicted octanol–water partition coefficient (Wildman–Crippen LogP) is 2.99. The summed E-state index contributed by atoms with van der Waals surface area (Å²) in [6, 6.07) is 6.17. The number of aliphatic hydroxyl groups is 1. The summed E-state index contributed by atoms with van der Waals surface area (Å²) in [4.78, 5) is 3.11. The maximum atomic E-state index is 9.00. The molecule has 0 amide bonds. The first kappa shape index (κ1) is 10.8. The third-order valence-corrected chi connectivity index (χ3v) is 2.09. The van der Waals surface area contributed by atoms with Gasteiger partial charge in [0.15, 0.2) is 0 Å². The number of benzene rings is 1. The number of rotatable bonds is 1. The minimum atomic E-state index is 0.101. The van der Waals surface area contributed by atoms with Gasteiger partial charge in [-0.1, -0.05) is 25.5 Å². The number of hydrogen-bond acceptors (Lipinski definition) is 1. The average molecular weight is 191 g/mol. The second kappa shape index (κ2) is 4.82. The standard InChI is InChI=1S/C10H11NO.C2H6/c1-7-2-3-10-9(4-7)8(6-12)5-11-10;1-2/h2-5,11-12H,6H2,1H3;1-2H3. The van der Waals surface area contributed by atoms with Gasteiger partial charge in [0.05, 0.1) is 6.61 Å². The number of aromatic nitrogens is 1. The molecule has 0 atom stereocenters. The van der Waals surface area contributed by atoms with Crippen LogP contribution in [0.2, 0.25) is 0 Å². The van der Waals surface area contributed by atoms with Crippen LogP contribution in [0.5, 0.6) is 0 Å². The van der Waals surface area contributed by atoms with E-state index in [-0.39, 0.29) is 6.61 Å². The van der Waals surface area contributed by atoms with Crippen LogP contribution in [0.25, 0.3) is 10.9 Å². The van der Waals surface area contributed by atoms with Gasteiger partial charge in [-0.3, -0.25) is 0 Å². The van der Waals surface area contributed by atoms with Gasteiger partial charge in [0.2, 0.25) is 0 Å². The molecule has 0 spiro atoms. The van der Waals surface area contributed by atoms with Crippen LogP contribution in [0.15, 0.2) is 24.4 Å². The molecule has 76 valence electrons. The van der Waals surface area contributed by atoms with E-state index in [1.807, 2.05) is 33.0 Å². The topological polar surface area (TPSA) is 36.0 Å². The Labute approximate surface area is 84.6 Å². The summed E-state index contributed by atoms with van der Waals surface area (Å²) in [5, 5.41) is 10.1. The summed E-state index contributed by atoms with van der Waals surface area (Å²) >= 11 is 0. The van der Waals surface area contributed by atoms with Crippen molar-refractivity contribution in [3.05, 3.63) is 35.5 Å². The van der Waals surface area contributed by atoms with Gasteiger partial charge in [-0.25, -0.2) is 0 Å². The van der Waals surface area contributed by atoms with E-state index in [1.165, 1.54) is 5.56 Å². The fourth-order valence-electron chi connectivity index (χ4n) is 1.42. The smallest absolute Gasteiger partial charge is 0.0702 e. The molecule has 0 saturated carbocycles. The largest absolute Gasteiger partial charge is 0.392 e. The third kappa shape index (κ3) is 1.96. The number of nitrogens with one attached hydrogen (secondary N) is 1. The second-order valence-corrected chi connectivity index (χ2v) is 3.02. The van der Waals surface area contributed by atoms with Crippen molar-refractivity contribution < 1.29 is 5.11 Å². The van der Waals surface area contributed by atoms with E-state index in [0.29, 0.717) is 0 Å². The molecule has 0 saturated heterocycles. The number of aliphatic hydroxyl groups excluding tert-OH is 1. The molecule has 1 aromatic heterocycles. The van der Waals surface area contributed by atoms with Crippen molar-refractivity contribution in [2.75, 3.05) is 0 Å². The summed E-state index contributed by atoms with van der Waals surface area (Å²) in [7, 11) is 0. The van der Waals surface area contributed by atoms with Crippen molar-refractivity contribution >= 4 is 10.9 Å². The van der Waals surface area contributed by atoms with E-state index in [9.17, 15) is 0 Å². The molecule has 0 radical (unpaired) electrons. The zero-order valence-electron chi connectivity index (χ0n) is 8.96. The Bertz CT molecular complexity index is 404. The first-order valence-corrected chi connectivity index (χ1v) is 4.99. The van der Waals surface area contributed by atoms with Crippen molar-refractivity contribution in [2.45, 2.75) is 27.4 Å². The van der Waals surface area contributed by atoms with Crippen LogP contribution >= 0.6 is 0 Å². The quantitative estimate of drug-likeness (QED) is 0.714. The summed E-state index contributed by atoms with van der Waals surface area (Å²) in [6.07, 6.45) is 1.85. The van der Waals surface area contributed by atoms with Crippen molar-refractivity contribution in [3.8, 4) is 0 Å². The van der Waals surface area contributed by atoms with Crippen LogP contribution in [0, 0.1) is 6.92 Å². The highest BCUT2D eigenvalue weighted by molar-refractivity contribution is 5.83. The first-order valence-electron chi connectivity index (χ1n) is 4.99. The normalized spacial score (nSPS) is 9.71. The lowest BCUT2D eigenvalue weighted by molar-refractivity contribution is 0.283. The molecule has 2 nitrogen and oxygen atoms in total. The summed E-state index contributed by atoms with van der Waals surface area (Å²) in [6.45, 7) is 6.15. The number of fused-ring (bicyclic) bond motifs is 1. The molecule has 2 heteroatoms. The molecule has 1 aromatic carbocycles. The van der Waals surface area contributed by atoms with E-state index < -0.39 is 0 Å². The fraction of sp³-hybridized carbons (Fsp3) is 0.333. The van der Waals surface area contributed by atoms with Gasteiger partial charge >= 0.3 is 0 Å². The molecule has 0 fully saturated rings. The van der Waals surface area contributed by atoms with Gasteiger partial charge in [0, 0.05) is 22.7 Å². The van der Waals surface area contributed by atoms with E-state index in [2.05, 4.69) is 17.1 Å². The van der Waals surface area contributed by atoms with Crippen molar-refractivity contribution in [1.82, 2.24) is 4.98 Å². The van der Waals surface area contributed by atoms with Gasteiger partial charge in [-0.2, -0.15) is 0 Å². The van der Waals surface area contributed by atoms with Crippen LogP contribution in [-0.2, 0) is 6.61 Å². The zero-order chi connectivity index (χ0) is 10.6. The van der Waals surface area contributed by atoms with E-state index in [1.54, 1.807) is 0 Å². The van der Waals surface area contributed by atoms with Crippen molar-refractivity contribution in [2.24, 2.45) is 0 Å². The van der Waals surface area contributed by atoms with Gasteiger partial charge in [0.25, 0.3) is 0 Å². The maximum Gasteiger partial charge on any atom is 0.0702 e. The van der Waals surface area contributed by atoms with Crippen LogP contribution in [0.4, 0.5) is 0 Å². The minimum absolute atomic E-state index is 0.101. The summed E-state index contributed by atoms with van der Waals surface area (Å²) in [5.74, 6) is 0. The molecule has 0 unspecified atom stereocenters. The average Bonchev–Trinajstić information content (AvgIpc) is 2.63. The summed E-state index contributed by atoms with van der Waals surface area (Å²) < 4.78 is 0. The monoisotopic (exact) mass is 191 g/mol. The van der Waals surface area contributed by atoms with Gasteiger partial charge in [-0.15, -0.1) is 0 Å². The second-order valence-electron chi connectivity index (χ2n) is 3.02. The molecule has 0 aliphatic heterocycles. The van der Waals surface area contributed by atoms with Crippen LogP contribution in [0.1, 0.15) is 25.0 Å². The van der Waals surface area contributed by atoms with Crippen LogP contribution in [0.3, 0.4) is 0 Å². The van der Waals surface area contributed by atoms with E-state index in [4.69, 9.17) is 5.11 Å². The maximum absolute atomic E-state index is 9.00. The molecule has 1 heterocycles. The number of aromatic amines is 1. The lowest BCUT2D eigenvalue weighted by atomic mass is 10.1. The Hall–Kier alpha value is -1.28. The van der Waals surface area contributed by atoms with E-state index in [0.717, 1.165) is 16.5 Å². The molecular weight excluding hydrogens is 174 g/mol. The van der Waals surface area contributed by atoms with Crippen LogP contribution < -0.4 is 0 Å². The van der Waals surface area contributed by atoms with E-state index >= 15 is 0 Å². The molecule has 2 rings (SSSR count). The molecule has 0 aliphatic carbocycles. The molecule has 0 aliphatic rings. The molecule has 14 heavy (non-hydrogen) atoms. The highest BCUT2D eigenvalue weighted by atomic mass is 16.3. The highest BCUT2D eigenvalue weighted by Gasteiger charge is 2.00. The Morgan fingerprint density at radius 3 is 2.64 bits per heavy atom. The zero-order valence-corrected chi connectivity index (χ0v) is 8.96. The molecule has 2 aromatic rings. The van der Waals surface area contributed by atoms with Gasteiger partial charge < -0.3 is 10.1 Å². The number of aryl methyl sites for hydroxylation is 1. The minimum Gasteiger partial charge on any atom is -0.392 e. The van der Waals surface area contributed by atoms with Crippen LogP contribution in [-0.4, -0.2) is 10.1 Å². The Morgan fingerprint density at radius 2 is 2.00 bits per heavy atom. The van der Waals surface area contributed by atoms with Crippen molar-refractivity contribution in [1.29, 1.82) is 0 Å². The lowest BCUT2D eigenvalue weighted by Crippen LogP contribution is -1.79. The van der Waals surface area contributed by atoms with Crippen molar-refractivity contribution in [3.63, 3.8) is 0 Å². The summed E-state index contributed by atoms with van der Waals surface area (Å²) in [5.41, 5.74) is 3.27. The fourth-order valence-corrected chi connectivity index (χ4v) is 1.42. The highest BCUT2D eigenvalue weighted by Crippen LogP contribution is 2.19. The third-order valence-electron chi connectivity index (χ3n) is 2.09. The Balaban J connectivity index is 0.000000461. The van der Waals surface area contributed by atoms with Gasteiger partial charge in [0.1, 0.15) is 0 Å². The SMILES string of the molecule is CC.Cc1ccc2[nH]cc(CO)c2c1. The predicted molar refractivity (Wildman–Crippen MR) is 60.3 cm³/mol. The lowest BCUT2D eigenvalue weighted by Gasteiger charge is -1.94. The first-order chi connectivity index (χ1) is 6.81. The Kier molecular flexibility index (Phi) is 3.72. The Morgan fingerprint density at radius 1 is 1.29 bits per heavy atom. The number of H-pyrrole nitrogens is 1. The number of hydrogen-bond donors (Lipinski definition) is 2. The van der Waals surface area contributed by atoms with Gasteiger partial charge in [-0.05, 0) is 19.1 Å². The molecular formula is C12H17NO. The molecule has 0 bridgehead atoms.